The monoisotopic (exact) mass is 306 g/mol. The van der Waals surface area contributed by atoms with Crippen LogP contribution in [0.15, 0.2) is 0 Å². The van der Waals surface area contributed by atoms with E-state index in [4.69, 9.17) is 4.74 Å². The van der Waals surface area contributed by atoms with Crippen molar-refractivity contribution >= 4 is 10.2 Å². The Kier molecular flexibility index (Phi) is 5.42. The molecule has 0 bridgehead atoms. The summed E-state index contributed by atoms with van der Waals surface area (Å²) in [5.74, 6) is 0. The van der Waals surface area contributed by atoms with Crippen LogP contribution in [0.25, 0.3) is 0 Å². The van der Waals surface area contributed by atoms with Crippen LogP contribution in [-0.4, -0.2) is 55.3 Å². The van der Waals surface area contributed by atoms with Crippen LogP contribution < -0.4 is 4.72 Å². The maximum atomic E-state index is 12.5. The fraction of sp³-hybridized carbons (Fsp3) is 1.00. The van der Waals surface area contributed by atoms with Gasteiger partial charge in [0.05, 0.1) is 18.3 Å². The van der Waals surface area contributed by atoms with Crippen molar-refractivity contribution in [3.8, 4) is 0 Å². The first-order chi connectivity index (χ1) is 9.38. The quantitative estimate of drug-likeness (QED) is 0.749. The van der Waals surface area contributed by atoms with Crippen molar-refractivity contribution < 1.29 is 18.3 Å². The molecule has 0 aromatic carbocycles. The summed E-state index contributed by atoms with van der Waals surface area (Å²) in [5.41, 5.74) is 0. The molecule has 2 rings (SSSR count). The maximum absolute atomic E-state index is 12.5. The first-order valence-corrected chi connectivity index (χ1v) is 8.93. The van der Waals surface area contributed by atoms with Gasteiger partial charge in [0.1, 0.15) is 0 Å². The zero-order valence-electron chi connectivity index (χ0n) is 12.3. The van der Waals surface area contributed by atoms with Gasteiger partial charge < -0.3 is 9.84 Å². The molecule has 0 spiro atoms. The summed E-state index contributed by atoms with van der Waals surface area (Å²) in [7, 11) is -3.55. The summed E-state index contributed by atoms with van der Waals surface area (Å²) in [6.45, 7) is 4.47. The predicted molar refractivity (Wildman–Crippen MR) is 76.5 cm³/mol. The first kappa shape index (κ1) is 16.2. The van der Waals surface area contributed by atoms with Crippen LogP contribution in [0.1, 0.15) is 46.0 Å². The molecular formula is C13H26N2O4S. The summed E-state index contributed by atoms with van der Waals surface area (Å²) in [6.07, 6.45) is 3.57. The predicted octanol–water partition coefficient (Wildman–Crippen LogP) is 0.624. The highest BCUT2D eigenvalue weighted by Gasteiger charge is 2.34. The van der Waals surface area contributed by atoms with Crippen molar-refractivity contribution in [1.29, 1.82) is 0 Å². The largest absolute Gasteiger partial charge is 0.391 e. The number of hydrogen-bond acceptors (Lipinski definition) is 4. The molecule has 6 nitrogen and oxygen atoms in total. The number of aliphatic hydroxyl groups is 1. The Bertz CT molecular complexity index is 405. The molecule has 1 aliphatic carbocycles. The van der Waals surface area contributed by atoms with Crippen LogP contribution in [0.5, 0.6) is 0 Å². The SMILES string of the molecule is CC1CN(S(=O)(=O)NC2CCCCCC2O)CC(C)O1. The highest BCUT2D eigenvalue weighted by Crippen LogP contribution is 2.20. The van der Waals surface area contributed by atoms with E-state index >= 15 is 0 Å². The van der Waals surface area contributed by atoms with E-state index in [2.05, 4.69) is 4.72 Å². The van der Waals surface area contributed by atoms with Crippen LogP contribution >= 0.6 is 0 Å². The summed E-state index contributed by atoms with van der Waals surface area (Å²) < 4.78 is 34.6. The van der Waals surface area contributed by atoms with Gasteiger partial charge in [-0.15, -0.1) is 0 Å². The van der Waals surface area contributed by atoms with Crippen LogP contribution in [0, 0.1) is 0 Å². The summed E-state index contributed by atoms with van der Waals surface area (Å²) in [4.78, 5) is 0. The normalized spacial score (nSPS) is 37.5. The second-order valence-corrected chi connectivity index (χ2v) is 7.71. The Balaban J connectivity index is 2.02. The van der Waals surface area contributed by atoms with Crippen LogP contribution in [-0.2, 0) is 14.9 Å². The molecule has 4 unspecified atom stereocenters. The van der Waals surface area contributed by atoms with E-state index in [0.717, 1.165) is 19.3 Å². The van der Waals surface area contributed by atoms with Crippen LogP contribution in [0.2, 0.25) is 0 Å². The molecule has 118 valence electrons. The lowest BCUT2D eigenvalue weighted by Crippen LogP contribution is -2.55. The van der Waals surface area contributed by atoms with E-state index < -0.39 is 16.3 Å². The van der Waals surface area contributed by atoms with Crippen molar-refractivity contribution in [2.45, 2.75) is 70.3 Å². The van der Waals surface area contributed by atoms with Crippen LogP contribution in [0.4, 0.5) is 0 Å². The third kappa shape index (κ3) is 4.14. The van der Waals surface area contributed by atoms with E-state index in [1.807, 2.05) is 13.8 Å². The zero-order chi connectivity index (χ0) is 14.8. The Hall–Kier alpha value is -0.210. The molecule has 4 atom stereocenters. The number of aliphatic hydroxyl groups excluding tert-OH is 1. The number of ether oxygens (including phenoxy) is 1. The summed E-state index contributed by atoms with van der Waals surface area (Å²) in [5, 5.41) is 10.0. The number of hydrogen-bond donors (Lipinski definition) is 2. The van der Waals surface area contributed by atoms with Gasteiger partial charge >= 0.3 is 0 Å². The van der Waals surface area contributed by atoms with Crippen molar-refractivity contribution in [2.24, 2.45) is 0 Å². The minimum absolute atomic E-state index is 0.102. The lowest BCUT2D eigenvalue weighted by Gasteiger charge is -2.35. The lowest BCUT2D eigenvalue weighted by molar-refractivity contribution is -0.0446. The number of nitrogens with zero attached hydrogens (tertiary/aromatic N) is 1. The molecular weight excluding hydrogens is 280 g/mol. The molecule has 7 heteroatoms. The molecule has 1 saturated heterocycles. The third-order valence-electron chi connectivity index (χ3n) is 4.01. The highest BCUT2D eigenvalue weighted by molar-refractivity contribution is 7.87. The summed E-state index contributed by atoms with van der Waals surface area (Å²) >= 11 is 0. The van der Waals surface area contributed by atoms with E-state index in [9.17, 15) is 13.5 Å². The Labute approximate surface area is 121 Å². The standard InChI is InChI=1S/C13H26N2O4S/c1-10-8-15(9-11(2)19-10)20(17,18)14-12-6-4-3-5-7-13(12)16/h10-14,16H,3-9H2,1-2H3. The fourth-order valence-electron chi connectivity index (χ4n) is 3.02. The van der Waals surface area contributed by atoms with Gasteiger partial charge in [0.2, 0.25) is 0 Å². The summed E-state index contributed by atoms with van der Waals surface area (Å²) in [6, 6.07) is -0.365. The molecule has 2 aliphatic rings. The van der Waals surface area contributed by atoms with Crippen molar-refractivity contribution in [2.75, 3.05) is 13.1 Å². The average molecular weight is 306 g/mol. The van der Waals surface area contributed by atoms with Gasteiger partial charge in [0, 0.05) is 19.1 Å². The minimum Gasteiger partial charge on any atom is -0.391 e. The average Bonchev–Trinajstić information content (AvgIpc) is 2.53. The first-order valence-electron chi connectivity index (χ1n) is 7.49. The molecule has 2 N–H and O–H groups in total. The second kappa shape index (κ2) is 6.70. The molecule has 20 heavy (non-hydrogen) atoms. The molecule has 0 aromatic heterocycles. The van der Waals surface area contributed by atoms with Gasteiger partial charge in [0.25, 0.3) is 10.2 Å². The number of nitrogens with one attached hydrogen (secondary N) is 1. The smallest absolute Gasteiger partial charge is 0.279 e. The Morgan fingerprint density at radius 2 is 1.70 bits per heavy atom. The lowest BCUT2D eigenvalue weighted by atomic mass is 10.1. The van der Waals surface area contributed by atoms with Crippen molar-refractivity contribution in [3.05, 3.63) is 0 Å². The van der Waals surface area contributed by atoms with E-state index in [1.54, 1.807) is 0 Å². The van der Waals surface area contributed by atoms with Gasteiger partial charge in [-0.2, -0.15) is 17.4 Å². The Morgan fingerprint density at radius 3 is 2.35 bits per heavy atom. The maximum Gasteiger partial charge on any atom is 0.279 e. The topological polar surface area (TPSA) is 78.9 Å². The second-order valence-electron chi connectivity index (χ2n) is 6.01. The van der Waals surface area contributed by atoms with Gasteiger partial charge in [-0.3, -0.25) is 0 Å². The molecule has 0 amide bonds. The van der Waals surface area contributed by atoms with Gasteiger partial charge in [0.15, 0.2) is 0 Å². The van der Waals surface area contributed by atoms with E-state index in [1.165, 1.54) is 4.31 Å². The van der Waals surface area contributed by atoms with E-state index in [-0.39, 0.29) is 18.2 Å². The van der Waals surface area contributed by atoms with Crippen LogP contribution in [0.3, 0.4) is 0 Å². The molecule has 2 fully saturated rings. The molecule has 0 radical (unpaired) electrons. The number of morpholine rings is 1. The zero-order valence-corrected chi connectivity index (χ0v) is 13.1. The molecule has 0 aromatic rings. The molecule has 1 aliphatic heterocycles. The van der Waals surface area contributed by atoms with Gasteiger partial charge in [-0.05, 0) is 26.7 Å². The molecule has 1 saturated carbocycles. The van der Waals surface area contributed by atoms with Gasteiger partial charge in [-0.1, -0.05) is 19.3 Å². The van der Waals surface area contributed by atoms with E-state index in [0.29, 0.717) is 25.9 Å². The van der Waals surface area contributed by atoms with Gasteiger partial charge in [-0.25, -0.2) is 0 Å². The minimum atomic E-state index is -3.55. The Morgan fingerprint density at radius 1 is 1.10 bits per heavy atom. The highest BCUT2D eigenvalue weighted by atomic mass is 32.2. The fourth-order valence-corrected chi connectivity index (χ4v) is 4.64. The number of rotatable bonds is 3. The van der Waals surface area contributed by atoms with Crippen molar-refractivity contribution in [1.82, 2.24) is 9.03 Å². The van der Waals surface area contributed by atoms with Crippen molar-refractivity contribution in [3.63, 3.8) is 0 Å². The molecule has 1 heterocycles. The third-order valence-corrected chi connectivity index (χ3v) is 5.58.